The van der Waals surface area contributed by atoms with Crippen molar-refractivity contribution in [2.24, 2.45) is 0 Å². The zero-order valence-electron chi connectivity index (χ0n) is 15.9. The summed E-state index contributed by atoms with van der Waals surface area (Å²) in [5, 5.41) is 6.39. The fraction of sp³-hybridized carbons (Fsp3) is 0.600. The van der Waals surface area contributed by atoms with E-state index >= 15 is 0 Å². The third-order valence-electron chi connectivity index (χ3n) is 4.58. The van der Waals surface area contributed by atoms with Crippen LogP contribution in [0, 0.1) is 0 Å². The van der Waals surface area contributed by atoms with E-state index in [0.717, 1.165) is 44.0 Å². The van der Waals surface area contributed by atoms with Gasteiger partial charge in [-0.3, -0.25) is 14.5 Å². The van der Waals surface area contributed by atoms with Crippen LogP contribution in [0.25, 0.3) is 0 Å². The van der Waals surface area contributed by atoms with E-state index in [9.17, 15) is 9.59 Å². The first-order valence-corrected chi connectivity index (χ1v) is 9.55. The van der Waals surface area contributed by atoms with Gasteiger partial charge in [0.05, 0.1) is 12.6 Å². The first-order chi connectivity index (χ1) is 12.6. The van der Waals surface area contributed by atoms with E-state index in [4.69, 9.17) is 4.74 Å². The number of Topliss-reactive ketones (excluding diaryl/α,β-unsaturated/α-hetero) is 1. The first kappa shape index (κ1) is 20.4. The van der Waals surface area contributed by atoms with Crippen molar-refractivity contribution in [1.82, 2.24) is 15.5 Å². The van der Waals surface area contributed by atoms with Crippen molar-refractivity contribution in [2.45, 2.75) is 45.6 Å². The van der Waals surface area contributed by atoms with Gasteiger partial charge in [-0.1, -0.05) is 12.1 Å². The van der Waals surface area contributed by atoms with Crippen LogP contribution in [0.3, 0.4) is 0 Å². The quantitative estimate of drug-likeness (QED) is 0.626. The van der Waals surface area contributed by atoms with E-state index in [0.29, 0.717) is 31.7 Å². The van der Waals surface area contributed by atoms with Gasteiger partial charge in [-0.2, -0.15) is 0 Å². The van der Waals surface area contributed by atoms with Crippen LogP contribution in [0.4, 0.5) is 0 Å². The number of amides is 1. The molecule has 1 aromatic carbocycles. The number of ketones is 1. The Hall–Kier alpha value is -1.92. The molecule has 6 heteroatoms. The smallest absolute Gasteiger partial charge is 0.220 e. The van der Waals surface area contributed by atoms with Crippen LogP contribution < -0.4 is 15.4 Å². The number of hydrogen-bond acceptors (Lipinski definition) is 5. The van der Waals surface area contributed by atoms with E-state index in [1.165, 1.54) is 0 Å². The fourth-order valence-corrected chi connectivity index (χ4v) is 2.99. The van der Waals surface area contributed by atoms with E-state index in [1.807, 2.05) is 38.1 Å². The lowest BCUT2D eigenvalue weighted by atomic mass is 10.1. The zero-order chi connectivity index (χ0) is 18.8. The standard InChI is InChI=1S/C20H31N3O3/c1-3-26-19-8-6-17(7-9-19)16(2)22-20(25)5-4-12-21-15-23-13-10-18(24)11-14-23/h6-9,16,21H,3-5,10-15H2,1-2H3,(H,22,25)/t16-/m0/s1. The molecule has 0 unspecified atom stereocenters. The lowest BCUT2D eigenvalue weighted by molar-refractivity contribution is -0.122. The predicted octanol–water partition coefficient (Wildman–Crippen LogP) is 2.25. The van der Waals surface area contributed by atoms with Crippen LogP contribution in [-0.2, 0) is 9.59 Å². The fourth-order valence-electron chi connectivity index (χ4n) is 2.99. The number of nitrogens with one attached hydrogen (secondary N) is 2. The normalized spacial score (nSPS) is 16.3. The maximum absolute atomic E-state index is 12.1. The molecule has 0 radical (unpaired) electrons. The third kappa shape index (κ3) is 7.14. The van der Waals surface area contributed by atoms with E-state index in [-0.39, 0.29) is 11.9 Å². The molecule has 26 heavy (non-hydrogen) atoms. The molecule has 0 bridgehead atoms. The minimum Gasteiger partial charge on any atom is -0.494 e. The van der Waals surface area contributed by atoms with Crippen LogP contribution >= 0.6 is 0 Å². The third-order valence-corrected chi connectivity index (χ3v) is 4.58. The molecule has 2 rings (SSSR count). The average molecular weight is 361 g/mol. The van der Waals surface area contributed by atoms with Gasteiger partial charge < -0.3 is 15.4 Å². The highest BCUT2D eigenvalue weighted by atomic mass is 16.5. The van der Waals surface area contributed by atoms with Gasteiger partial charge in [-0.15, -0.1) is 0 Å². The number of rotatable bonds is 10. The molecule has 1 amide bonds. The summed E-state index contributed by atoms with van der Waals surface area (Å²) in [7, 11) is 0. The predicted molar refractivity (Wildman–Crippen MR) is 102 cm³/mol. The van der Waals surface area contributed by atoms with Crippen molar-refractivity contribution in [3.63, 3.8) is 0 Å². The monoisotopic (exact) mass is 361 g/mol. The summed E-state index contributed by atoms with van der Waals surface area (Å²) >= 11 is 0. The van der Waals surface area contributed by atoms with Crippen molar-refractivity contribution in [1.29, 1.82) is 0 Å². The zero-order valence-corrected chi connectivity index (χ0v) is 15.9. The SMILES string of the molecule is CCOc1ccc([C@H](C)NC(=O)CCCNCN2CCC(=O)CC2)cc1. The number of likely N-dealkylation sites (tertiary alicyclic amines) is 1. The molecule has 0 aromatic heterocycles. The Morgan fingerprint density at radius 2 is 1.92 bits per heavy atom. The number of carbonyl (C=O) groups is 2. The molecule has 1 heterocycles. The molecule has 6 nitrogen and oxygen atoms in total. The number of piperidine rings is 1. The maximum Gasteiger partial charge on any atom is 0.220 e. The van der Waals surface area contributed by atoms with Gasteiger partial charge in [0, 0.05) is 39.0 Å². The Balaban J connectivity index is 1.58. The molecule has 2 N–H and O–H groups in total. The van der Waals surface area contributed by atoms with Crippen LogP contribution in [0.5, 0.6) is 5.75 Å². The Labute approximate surface area is 156 Å². The van der Waals surface area contributed by atoms with Crippen molar-refractivity contribution in [3.8, 4) is 5.75 Å². The van der Waals surface area contributed by atoms with Crippen LogP contribution in [-0.4, -0.2) is 49.5 Å². The van der Waals surface area contributed by atoms with Gasteiger partial charge in [0.15, 0.2) is 0 Å². The lowest BCUT2D eigenvalue weighted by Gasteiger charge is -2.25. The largest absolute Gasteiger partial charge is 0.494 e. The van der Waals surface area contributed by atoms with Gasteiger partial charge >= 0.3 is 0 Å². The van der Waals surface area contributed by atoms with Crippen LogP contribution in [0.2, 0.25) is 0 Å². The number of nitrogens with zero attached hydrogens (tertiary/aromatic N) is 1. The highest BCUT2D eigenvalue weighted by Gasteiger charge is 2.15. The molecule has 1 saturated heterocycles. The molecule has 0 aliphatic carbocycles. The van der Waals surface area contributed by atoms with Crippen LogP contribution in [0.1, 0.15) is 51.1 Å². The second-order valence-electron chi connectivity index (χ2n) is 6.71. The summed E-state index contributed by atoms with van der Waals surface area (Å²) in [6, 6.07) is 7.82. The second-order valence-corrected chi connectivity index (χ2v) is 6.71. The molecule has 0 spiro atoms. The van der Waals surface area contributed by atoms with Crippen molar-refractivity contribution in [2.75, 3.05) is 32.9 Å². The van der Waals surface area contributed by atoms with Crippen molar-refractivity contribution < 1.29 is 14.3 Å². The molecule has 144 valence electrons. The Bertz CT molecular complexity index is 564. The number of benzene rings is 1. The topological polar surface area (TPSA) is 70.7 Å². The summed E-state index contributed by atoms with van der Waals surface area (Å²) in [5.41, 5.74) is 1.07. The molecule has 1 fully saturated rings. The Kier molecular flexibility index (Phi) is 8.58. The van der Waals surface area contributed by atoms with Gasteiger partial charge in [-0.25, -0.2) is 0 Å². The molecular formula is C20H31N3O3. The minimum atomic E-state index is -0.0166. The summed E-state index contributed by atoms with van der Waals surface area (Å²) in [5.74, 6) is 1.27. The number of hydrogen-bond donors (Lipinski definition) is 2. The molecule has 1 aliphatic heterocycles. The molecule has 1 atom stereocenters. The van der Waals surface area contributed by atoms with E-state index in [2.05, 4.69) is 15.5 Å². The van der Waals surface area contributed by atoms with E-state index in [1.54, 1.807) is 0 Å². The highest BCUT2D eigenvalue weighted by Crippen LogP contribution is 2.17. The molecule has 1 aromatic rings. The molecule has 0 saturated carbocycles. The van der Waals surface area contributed by atoms with E-state index < -0.39 is 0 Å². The number of carbonyl (C=O) groups excluding carboxylic acids is 2. The van der Waals surface area contributed by atoms with Gasteiger partial charge in [0.2, 0.25) is 5.91 Å². The summed E-state index contributed by atoms with van der Waals surface area (Å²) in [6.07, 6.45) is 2.63. The number of ether oxygens (including phenoxy) is 1. The highest BCUT2D eigenvalue weighted by molar-refractivity contribution is 5.79. The van der Waals surface area contributed by atoms with Gasteiger partial charge in [-0.05, 0) is 44.5 Å². The first-order valence-electron chi connectivity index (χ1n) is 9.55. The van der Waals surface area contributed by atoms with Crippen molar-refractivity contribution in [3.05, 3.63) is 29.8 Å². The van der Waals surface area contributed by atoms with Crippen molar-refractivity contribution >= 4 is 11.7 Å². The summed E-state index contributed by atoms with van der Waals surface area (Å²) < 4.78 is 5.43. The Morgan fingerprint density at radius 1 is 1.23 bits per heavy atom. The molecule has 1 aliphatic rings. The summed E-state index contributed by atoms with van der Waals surface area (Å²) in [6.45, 7) is 7.86. The van der Waals surface area contributed by atoms with Crippen LogP contribution in [0.15, 0.2) is 24.3 Å². The van der Waals surface area contributed by atoms with Gasteiger partial charge in [0.1, 0.15) is 11.5 Å². The minimum absolute atomic E-state index is 0.0166. The lowest BCUT2D eigenvalue weighted by Crippen LogP contribution is -2.40. The molecular weight excluding hydrogens is 330 g/mol. The average Bonchev–Trinajstić information content (AvgIpc) is 2.64. The maximum atomic E-state index is 12.1. The van der Waals surface area contributed by atoms with Gasteiger partial charge in [0.25, 0.3) is 0 Å². The second kappa shape index (κ2) is 10.9. The Morgan fingerprint density at radius 3 is 2.58 bits per heavy atom. The summed E-state index contributed by atoms with van der Waals surface area (Å²) in [4.78, 5) is 25.5.